The number of benzene rings is 1. The third-order valence-corrected chi connectivity index (χ3v) is 1.97. The van der Waals surface area contributed by atoms with E-state index in [4.69, 9.17) is 11.0 Å². The Bertz CT molecular complexity index is 438. The second kappa shape index (κ2) is 4.42. The second-order valence-corrected chi connectivity index (χ2v) is 2.85. The first kappa shape index (κ1) is 11.0. The van der Waals surface area contributed by atoms with Crippen molar-refractivity contribution in [3.63, 3.8) is 0 Å². The average Bonchev–Trinajstić information content (AvgIpc) is 2.25. The number of nitrogens with zero attached hydrogens (tertiary/aromatic N) is 1. The van der Waals surface area contributed by atoms with Crippen molar-refractivity contribution >= 4 is 11.7 Å². The van der Waals surface area contributed by atoms with Crippen LogP contribution in [0.1, 0.15) is 11.1 Å². The molecule has 1 aromatic rings. The van der Waals surface area contributed by atoms with Gasteiger partial charge >= 0.3 is 5.97 Å². The van der Waals surface area contributed by atoms with Gasteiger partial charge in [-0.25, -0.2) is 4.39 Å². The molecule has 0 bridgehead atoms. The zero-order valence-electron chi connectivity index (χ0n) is 8.08. The minimum absolute atomic E-state index is 0.171. The highest BCUT2D eigenvalue weighted by Crippen LogP contribution is 2.21. The van der Waals surface area contributed by atoms with Gasteiger partial charge in [-0.2, -0.15) is 5.26 Å². The number of rotatable bonds is 2. The van der Waals surface area contributed by atoms with E-state index in [1.165, 1.54) is 13.2 Å². The van der Waals surface area contributed by atoms with E-state index in [0.29, 0.717) is 0 Å². The second-order valence-electron chi connectivity index (χ2n) is 2.85. The molecule has 1 rings (SSSR count). The van der Waals surface area contributed by atoms with Gasteiger partial charge in [-0.05, 0) is 12.1 Å². The van der Waals surface area contributed by atoms with Crippen molar-refractivity contribution in [3.05, 3.63) is 29.1 Å². The minimum Gasteiger partial charge on any atom is -0.469 e. The molecule has 4 nitrogen and oxygen atoms in total. The Kier molecular flexibility index (Phi) is 3.24. The number of esters is 1. The van der Waals surface area contributed by atoms with Gasteiger partial charge in [0.1, 0.15) is 5.82 Å². The summed E-state index contributed by atoms with van der Waals surface area (Å²) in [6.45, 7) is 0. The normalized spacial score (nSPS) is 9.40. The van der Waals surface area contributed by atoms with Gasteiger partial charge in [-0.3, -0.25) is 4.79 Å². The number of carbonyl (C=O) groups excluding carboxylic acids is 1. The van der Waals surface area contributed by atoms with E-state index in [2.05, 4.69) is 4.74 Å². The van der Waals surface area contributed by atoms with E-state index in [9.17, 15) is 9.18 Å². The number of nitrogens with two attached hydrogens (primary N) is 1. The fourth-order valence-corrected chi connectivity index (χ4v) is 1.15. The van der Waals surface area contributed by atoms with Crippen LogP contribution >= 0.6 is 0 Å². The van der Waals surface area contributed by atoms with Crippen LogP contribution in [0.4, 0.5) is 10.1 Å². The van der Waals surface area contributed by atoms with Crippen LogP contribution < -0.4 is 5.73 Å². The number of hydrogen-bond acceptors (Lipinski definition) is 4. The van der Waals surface area contributed by atoms with Crippen LogP contribution in [0.25, 0.3) is 0 Å². The number of nitriles is 1. The number of methoxy groups -OCH3 is 1. The molecule has 0 amide bonds. The van der Waals surface area contributed by atoms with Crippen molar-refractivity contribution in [3.8, 4) is 6.07 Å². The summed E-state index contributed by atoms with van der Waals surface area (Å²) < 4.78 is 17.5. The van der Waals surface area contributed by atoms with E-state index in [0.717, 1.165) is 6.07 Å². The quantitative estimate of drug-likeness (QED) is 0.581. The number of anilines is 1. The van der Waals surface area contributed by atoms with Crippen molar-refractivity contribution < 1.29 is 13.9 Å². The van der Waals surface area contributed by atoms with Gasteiger partial charge in [0.2, 0.25) is 0 Å². The van der Waals surface area contributed by atoms with Gasteiger partial charge in [-0.1, -0.05) is 0 Å². The molecule has 0 spiro atoms. The molecule has 0 saturated carbocycles. The van der Waals surface area contributed by atoms with E-state index < -0.39 is 11.8 Å². The van der Waals surface area contributed by atoms with E-state index in [-0.39, 0.29) is 23.2 Å². The summed E-state index contributed by atoms with van der Waals surface area (Å²) in [5.74, 6) is -1.21. The predicted octanol–water partition coefficient (Wildman–Crippen LogP) is 0.995. The number of halogens is 1. The van der Waals surface area contributed by atoms with Gasteiger partial charge in [0, 0.05) is 5.56 Å². The molecule has 15 heavy (non-hydrogen) atoms. The van der Waals surface area contributed by atoms with Crippen LogP contribution in [0.5, 0.6) is 0 Å². The molecular weight excluding hydrogens is 199 g/mol. The first-order valence-corrected chi connectivity index (χ1v) is 4.14. The van der Waals surface area contributed by atoms with Gasteiger partial charge in [0.15, 0.2) is 0 Å². The molecule has 0 aromatic heterocycles. The van der Waals surface area contributed by atoms with Gasteiger partial charge in [-0.15, -0.1) is 0 Å². The molecule has 0 saturated heterocycles. The van der Waals surface area contributed by atoms with Crippen molar-refractivity contribution in [2.45, 2.75) is 6.42 Å². The molecule has 2 N–H and O–H groups in total. The zero-order valence-corrected chi connectivity index (χ0v) is 8.08. The fraction of sp³-hybridized carbons (Fsp3) is 0.200. The maximum absolute atomic E-state index is 13.1. The number of hydrogen-bond donors (Lipinski definition) is 1. The SMILES string of the molecule is COC(=O)Cc1c(C#N)ccc(F)c1N. The van der Waals surface area contributed by atoms with Gasteiger partial charge in [0.25, 0.3) is 0 Å². The van der Waals surface area contributed by atoms with E-state index >= 15 is 0 Å². The highest BCUT2D eigenvalue weighted by Gasteiger charge is 2.14. The Morgan fingerprint density at radius 1 is 1.67 bits per heavy atom. The van der Waals surface area contributed by atoms with E-state index in [1.807, 2.05) is 6.07 Å². The monoisotopic (exact) mass is 208 g/mol. The maximum Gasteiger partial charge on any atom is 0.310 e. The molecule has 1 aromatic carbocycles. The Hall–Kier alpha value is -2.09. The molecule has 0 aliphatic rings. The van der Waals surface area contributed by atoms with Gasteiger partial charge in [0.05, 0.1) is 30.9 Å². The van der Waals surface area contributed by atoms with E-state index in [1.54, 1.807) is 0 Å². The summed E-state index contributed by atoms with van der Waals surface area (Å²) >= 11 is 0. The summed E-state index contributed by atoms with van der Waals surface area (Å²) in [6.07, 6.45) is -0.205. The van der Waals surface area contributed by atoms with Crippen molar-refractivity contribution in [2.75, 3.05) is 12.8 Å². The lowest BCUT2D eigenvalue weighted by molar-refractivity contribution is -0.139. The molecule has 0 atom stereocenters. The highest BCUT2D eigenvalue weighted by atomic mass is 19.1. The Labute approximate surface area is 86.1 Å². The molecule has 78 valence electrons. The van der Waals surface area contributed by atoms with Crippen LogP contribution in [0, 0.1) is 17.1 Å². The summed E-state index contributed by atoms with van der Waals surface area (Å²) in [7, 11) is 1.21. The summed E-state index contributed by atoms with van der Waals surface area (Å²) in [6, 6.07) is 4.21. The number of carbonyl (C=O) groups is 1. The Morgan fingerprint density at radius 3 is 2.87 bits per heavy atom. The molecule has 0 radical (unpaired) electrons. The van der Waals surface area contributed by atoms with Gasteiger partial charge < -0.3 is 10.5 Å². The Balaban J connectivity index is 3.19. The van der Waals surface area contributed by atoms with Crippen molar-refractivity contribution in [2.24, 2.45) is 0 Å². The topological polar surface area (TPSA) is 76.1 Å². The smallest absolute Gasteiger partial charge is 0.310 e. The van der Waals surface area contributed by atoms with Crippen LogP contribution in [0.3, 0.4) is 0 Å². The summed E-state index contributed by atoms with van der Waals surface area (Å²) in [5, 5.41) is 8.74. The highest BCUT2D eigenvalue weighted by molar-refractivity contribution is 5.76. The van der Waals surface area contributed by atoms with Crippen LogP contribution in [-0.4, -0.2) is 13.1 Å². The molecule has 0 heterocycles. The third kappa shape index (κ3) is 2.23. The molecule has 0 aliphatic carbocycles. The lowest BCUT2D eigenvalue weighted by Crippen LogP contribution is -2.09. The fourth-order valence-electron chi connectivity index (χ4n) is 1.15. The largest absolute Gasteiger partial charge is 0.469 e. The maximum atomic E-state index is 13.1. The summed E-state index contributed by atoms with van der Waals surface area (Å²) in [4.78, 5) is 11.0. The third-order valence-electron chi connectivity index (χ3n) is 1.97. The van der Waals surface area contributed by atoms with Crippen molar-refractivity contribution in [1.29, 1.82) is 5.26 Å². The molecular formula is C10H9FN2O2. The molecule has 0 fully saturated rings. The molecule has 0 aliphatic heterocycles. The molecule has 5 heteroatoms. The average molecular weight is 208 g/mol. The first-order chi connectivity index (χ1) is 7.10. The summed E-state index contributed by atoms with van der Waals surface area (Å²) in [5.41, 5.74) is 5.60. The van der Waals surface area contributed by atoms with Crippen LogP contribution in [0.2, 0.25) is 0 Å². The lowest BCUT2D eigenvalue weighted by atomic mass is 10.0. The number of nitrogen functional groups attached to an aromatic ring is 1. The minimum atomic E-state index is -0.645. The number of ether oxygens (including phenoxy) is 1. The predicted molar refractivity (Wildman–Crippen MR) is 51.2 cm³/mol. The molecule has 0 unspecified atom stereocenters. The first-order valence-electron chi connectivity index (χ1n) is 4.14. The van der Waals surface area contributed by atoms with Crippen LogP contribution in [0.15, 0.2) is 12.1 Å². The van der Waals surface area contributed by atoms with Crippen LogP contribution in [-0.2, 0) is 16.0 Å². The zero-order chi connectivity index (χ0) is 11.4. The Morgan fingerprint density at radius 2 is 2.33 bits per heavy atom. The standard InChI is InChI=1S/C10H9FN2O2/c1-15-9(14)4-7-6(5-12)2-3-8(11)10(7)13/h2-3H,4,13H2,1H3. The van der Waals surface area contributed by atoms with Crippen molar-refractivity contribution in [1.82, 2.24) is 0 Å². The lowest BCUT2D eigenvalue weighted by Gasteiger charge is -2.07.